The van der Waals surface area contributed by atoms with Crippen LogP contribution in [0.1, 0.15) is 45.6 Å². The monoisotopic (exact) mass is 277 g/mol. The molecule has 2 unspecified atom stereocenters. The van der Waals surface area contributed by atoms with Gasteiger partial charge in [0.05, 0.1) is 13.2 Å². The van der Waals surface area contributed by atoms with E-state index >= 15 is 0 Å². The molecule has 0 saturated heterocycles. The van der Waals surface area contributed by atoms with Gasteiger partial charge >= 0.3 is 0 Å². The standard InChI is InChI=1S/C17H27NO2/c1-12(2)20-16-8-6-14(10-17(16)19-4)11-18-15-7-5-13(3)9-15/h6,8,10,12-13,15,18H,5,7,9,11H2,1-4H3. The van der Waals surface area contributed by atoms with E-state index in [4.69, 9.17) is 9.47 Å². The Bertz CT molecular complexity index is 431. The van der Waals surface area contributed by atoms with Gasteiger partial charge in [0.25, 0.3) is 0 Å². The minimum Gasteiger partial charge on any atom is -0.493 e. The summed E-state index contributed by atoms with van der Waals surface area (Å²) in [6.07, 6.45) is 4.11. The summed E-state index contributed by atoms with van der Waals surface area (Å²) in [4.78, 5) is 0. The molecule has 1 fully saturated rings. The predicted octanol–water partition coefficient (Wildman–Crippen LogP) is 3.76. The summed E-state index contributed by atoms with van der Waals surface area (Å²) in [5, 5.41) is 3.64. The lowest BCUT2D eigenvalue weighted by Crippen LogP contribution is -2.25. The summed E-state index contributed by atoms with van der Waals surface area (Å²) >= 11 is 0. The zero-order valence-corrected chi connectivity index (χ0v) is 13.1. The van der Waals surface area contributed by atoms with E-state index in [0.717, 1.165) is 24.0 Å². The Morgan fingerprint density at radius 3 is 2.65 bits per heavy atom. The van der Waals surface area contributed by atoms with Crippen molar-refractivity contribution >= 4 is 0 Å². The van der Waals surface area contributed by atoms with Gasteiger partial charge in [0.1, 0.15) is 0 Å². The molecule has 1 aliphatic rings. The van der Waals surface area contributed by atoms with Crippen LogP contribution >= 0.6 is 0 Å². The molecular weight excluding hydrogens is 250 g/mol. The Labute approximate surface area is 122 Å². The van der Waals surface area contributed by atoms with Crippen molar-refractivity contribution in [2.75, 3.05) is 7.11 Å². The molecule has 0 spiro atoms. The second kappa shape index (κ2) is 6.98. The van der Waals surface area contributed by atoms with Crippen molar-refractivity contribution in [3.05, 3.63) is 23.8 Å². The van der Waals surface area contributed by atoms with E-state index < -0.39 is 0 Å². The lowest BCUT2D eigenvalue weighted by atomic mass is 10.1. The number of rotatable bonds is 6. The smallest absolute Gasteiger partial charge is 0.161 e. The summed E-state index contributed by atoms with van der Waals surface area (Å²) in [5.74, 6) is 2.50. The minimum absolute atomic E-state index is 0.160. The van der Waals surface area contributed by atoms with E-state index in [1.807, 2.05) is 19.9 Å². The van der Waals surface area contributed by atoms with Crippen LogP contribution in [0.4, 0.5) is 0 Å². The Kier molecular flexibility index (Phi) is 5.30. The first-order chi connectivity index (χ1) is 9.58. The number of ether oxygens (including phenoxy) is 2. The summed E-state index contributed by atoms with van der Waals surface area (Å²) in [5.41, 5.74) is 1.25. The van der Waals surface area contributed by atoms with Crippen molar-refractivity contribution in [1.29, 1.82) is 0 Å². The number of nitrogens with one attached hydrogen (secondary N) is 1. The highest BCUT2D eigenvalue weighted by Crippen LogP contribution is 2.29. The SMILES string of the molecule is COc1cc(CNC2CCC(C)C2)ccc1OC(C)C. The van der Waals surface area contributed by atoms with Crippen LogP contribution in [-0.2, 0) is 6.54 Å². The van der Waals surface area contributed by atoms with Gasteiger partial charge in [-0.15, -0.1) is 0 Å². The highest BCUT2D eigenvalue weighted by molar-refractivity contribution is 5.43. The molecule has 0 radical (unpaired) electrons. The van der Waals surface area contributed by atoms with Crippen molar-refractivity contribution in [2.45, 2.75) is 58.7 Å². The Hall–Kier alpha value is -1.22. The molecule has 0 aromatic heterocycles. The zero-order valence-electron chi connectivity index (χ0n) is 13.1. The van der Waals surface area contributed by atoms with Crippen LogP contribution in [0.3, 0.4) is 0 Å². The number of methoxy groups -OCH3 is 1. The van der Waals surface area contributed by atoms with Gasteiger partial charge in [0.15, 0.2) is 11.5 Å². The summed E-state index contributed by atoms with van der Waals surface area (Å²) < 4.78 is 11.2. The van der Waals surface area contributed by atoms with Gasteiger partial charge in [-0.2, -0.15) is 0 Å². The first-order valence-corrected chi connectivity index (χ1v) is 7.65. The van der Waals surface area contributed by atoms with E-state index in [2.05, 4.69) is 24.4 Å². The Balaban J connectivity index is 1.95. The first-order valence-electron chi connectivity index (χ1n) is 7.65. The second-order valence-corrected chi connectivity index (χ2v) is 6.15. The molecule has 1 aromatic rings. The molecule has 2 rings (SSSR count). The van der Waals surface area contributed by atoms with Crippen molar-refractivity contribution < 1.29 is 9.47 Å². The predicted molar refractivity (Wildman–Crippen MR) is 82.4 cm³/mol. The summed E-state index contributed by atoms with van der Waals surface area (Å²) in [6.45, 7) is 7.28. The molecule has 1 N–H and O–H groups in total. The fourth-order valence-corrected chi connectivity index (χ4v) is 2.83. The fraction of sp³-hybridized carbons (Fsp3) is 0.647. The first kappa shape index (κ1) is 15.2. The molecule has 20 heavy (non-hydrogen) atoms. The van der Waals surface area contributed by atoms with Gasteiger partial charge in [-0.25, -0.2) is 0 Å². The van der Waals surface area contributed by atoms with Crippen molar-refractivity contribution in [3.8, 4) is 11.5 Å². The van der Waals surface area contributed by atoms with Crippen LogP contribution in [0.25, 0.3) is 0 Å². The lowest BCUT2D eigenvalue weighted by molar-refractivity contribution is 0.230. The number of hydrogen-bond donors (Lipinski definition) is 1. The normalized spacial score (nSPS) is 22.2. The molecule has 1 aromatic carbocycles. The lowest BCUT2D eigenvalue weighted by Gasteiger charge is -2.16. The van der Waals surface area contributed by atoms with E-state index in [0.29, 0.717) is 6.04 Å². The van der Waals surface area contributed by atoms with Gasteiger partial charge in [0, 0.05) is 12.6 Å². The Morgan fingerprint density at radius 2 is 2.05 bits per heavy atom. The van der Waals surface area contributed by atoms with Gasteiger partial charge < -0.3 is 14.8 Å². The average molecular weight is 277 g/mol. The van der Waals surface area contributed by atoms with Crippen LogP contribution in [0.5, 0.6) is 11.5 Å². The highest BCUT2D eigenvalue weighted by Gasteiger charge is 2.20. The minimum atomic E-state index is 0.160. The van der Waals surface area contributed by atoms with E-state index in [9.17, 15) is 0 Å². The molecule has 112 valence electrons. The second-order valence-electron chi connectivity index (χ2n) is 6.15. The van der Waals surface area contributed by atoms with Crippen LogP contribution in [-0.4, -0.2) is 19.3 Å². The Morgan fingerprint density at radius 1 is 1.25 bits per heavy atom. The molecule has 3 heteroatoms. The van der Waals surface area contributed by atoms with Gasteiger partial charge in [-0.05, 0) is 56.7 Å². The third kappa shape index (κ3) is 4.14. The third-order valence-electron chi connectivity index (χ3n) is 3.88. The van der Waals surface area contributed by atoms with Crippen molar-refractivity contribution in [2.24, 2.45) is 5.92 Å². The molecule has 1 aliphatic carbocycles. The van der Waals surface area contributed by atoms with E-state index in [-0.39, 0.29) is 6.10 Å². The maximum atomic E-state index is 5.74. The van der Waals surface area contributed by atoms with Gasteiger partial charge in [-0.3, -0.25) is 0 Å². The molecule has 0 aliphatic heterocycles. The fourth-order valence-electron chi connectivity index (χ4n) is 2.83. The van der Waals surface area contributed by atoms with Crippen molar-refractivity contribution in [3.63, 3.8) is 0 Å². The molecule has 0 bridgehead atoms. The van der Waals surface area contributed by atoms with Crippen LogP contribution < -0.4 is 14.8 Å². The molecule has 3 nitrogen and oxygen atoms in total. The van der Waals surface area contributed by atoms with Gasteiger partial charge in [0.2, 0.25) is 0 Å². The summed E-state index contributed by atoms with van der Waals surface area (Å²) in [6, 6.07) is 6.87. The number of hydrogen-bond acceptors (Lipinski definition) is 3. The van der Waals surface area contributed by atoms with E-state index in [1.54, 1.807) is 7.11 Å². The largest absolute Gasteiger partial charge is 0.493 e. The topological polar surface area (TPSA) is 30.5 Å². The molecule has 0 amide bonds. The summed E-state index contributed by atoms with van der Waals surface area (Å²) in [7, 11) is 1.69. The maximum Gasteiger partial charge on any atom is 0.161 e. The highest BCUT2D eigenvalue weighted by atomic mass is 16.5. The average Bonchev–Trinajstić information content (AvgIpc) is 2.83. The zero-order chi connectivity index (χ0) is 14.5. The molecule has 0 heterocycles. The van der Waals surface area contributed by atoms with Gasteiger partial charge in [-0.1, -0.05) is 13.0 Å². The molecule has 1 saturated carbocycles. The van der Waals surface area contributed by atoms with Crippen LogP contribution in [0.2, 0.25) is 0 Å². The van der Waals surface area contributed by atoms with Crippen LogP contribution in [0, 0.1) is 5.92 Å². The molecular formula is C17H27NO2. The third-order valence-corrected chi connectivity index (χ3v) is 3.88. The maximum absolute atomic E-state index is 5.74. The van der Waals surface area contributed by atoms with E-state index in [1.165, 1.54) is 24.8 Å². The van der Waals surface area contributed by atoms with Crippen LogP contribution in [0.15, 0.2) is 18.2 Å². The van der Waals surface area contributed by atoms with Crippen molar-refractivity contribution in [1.82, 2.24) is 5.32 Å². The quantitative estimate of drug-likeness (QED) is 0.859. The number of benzene rings is 1. The molecule has 2 atom stereocenters.